The number of ether oxygens (including phenoxy) is 1. The summed E-state index contributed by atoms with van der Waals surface area (Å²) < 4.78 is 44.8. The van der Waals surface area contributed by atoms with E-state index >= 15 is 0 Å². The lowest BCUT2D eigenvalue weighted by atomic mass is 10.1. The first-order valence-electron chi connectivity index (χ1n) is 12.7. The fourth-order valence-corrected chi connectivity index (χ4v) is 6.55. The minimum absolute atomic E-state index is 0.0168. The number of carbonyl (C=O) groups is 1. The van der Waals surface area contributed by atoms with Gasteiger partial charge in [0.05, 0.1) is 39.6 Å². The number of hydrogen-bond acceptors (Lipinski definition) is 8. The van der Waals surface area contributed by atoms with Crippen LogP contribution in [-0.4, -0.2) is 60.5 Å². The molecule has 0 aliphatic carbocycles. The van der Waals surface area contributed by atoms with Gasteiger partial charge in [-0.2, -0.15) is 0 Å². The summed E-state index contributed by atoms with van der Waals surface area (Å²) >= 11 is 6.59. The van der Waals surface area contributed by atoms with E-state index in [1.54, 1.807) is 18.3 Å². The summed E-state index contributed by atoms with van der Waals surface area (Å²) in [5.74, 6) is 6.10. The Bertz CT molecular complexity index is 1750. The van der Waals surface area contributed by atoms with Crippen molar-refractivity contribution in [1.29, 1.82) is 0 Å². The Morgan fingerprint density at radius 3 is 2.63 bits per heavy atom. The maximum atomic E-state index is 15.0. The Labute approximate surface area is 246 Å². The minimum atomic E-state index is -2.93. The van der Waals surface area contributed by atoms with Crippen LogP contribution in [0.4, 0.5) is 10.1 Å². The average Bonchev–Trinajstić information content (AvgIpc) is 3.35. The molecule has 4 aromatic rings. The van der Waals surface area contributed by atoms with E-state index in [9.17, 15) is 17.6 Å². The Morgan fingerprint density at radius 2 is 1.88 bits per heavy atom. The summed E-state index contributed by atoms with van der Waals surface area (Å²) in [6.45, 7) is 1.45. The number of amides is 1. The lowest BCUT2D eigenvalue weighted by Gasteiger charge is -2.24. The molecule has 5 rings (SSSR count). The normalized spacial score (nSPS) is 14.6. The zero-order chi connectivity index (χ0) is 28.8. The van der Waals surface area contributed by atoms with Crippen LogP contribution in [0, 0.1) is 17.7 Å². The molecule has 0 bridgehead atoms. The number of carbonyl (C=O) groups excluding carboxylic acids is 1. The second-order valence-electron chi connectivity index (χ2n) is 9.28. The van der Waals surface area contributed by atoms with Gasteiger partial charge in [0.15, 0.2) is 26.5 Å². The van der Waals surface area contributed by atoms with Crippen LogP contribution in [0.3, 0.4) is 0 Å². The molecule has 0 unspecified atom stereocenters. The third kappa shape index (κ3) is 7.86. The zero-order valence-electron chi connectivity index (χ0n) is 21.7. The molecule has 12 heteroatoms. The maximum absolute atomic E-state index is 15.0. The monoisotopic (exact) mass is 608 g/mol. The van der Waals surface area contributed by atoms with E-state index < -0.39 is 15.7 Å². The number of hydrogen-bond donors (Lipinski definition) is 2. The van der Waals surface area contributed by atoms with Crippen molar-refractivity contribution in [3.63, 3.8) is 0 Å². The fraction of sp³-hybridized carbons (Fsp3) is 0.207. The van der Waals surface area contributed by atoms with Crippen molar-refractivity contribution in [2.45, 2.75) is 6.42 Å². The molecule has 1 aliphatic rings. The predicted octanol–water partition coefficient (Wildman–Crippen LogP) is 4.37. The van der Waals surface area contributed by atoms with Crippen LogP contribution in [0.1, 0.15) is 10.4 Å². The summed E-state index contributed by atoms with van der Waals surface area (Å²) in [6.07, 6.45) is 1.76. The van der Waals surface area contributed by atoms with Gasteiger partial charge in [-0.25, -0.2) is 12.8 Å². The number of rotatable bonds is 6. The number of benzene rings is 2. The number of halogens is 1. The highest BCUT2D eigenvalue weighted by atomic mass is 32.2. The highest BCUT2D eigenvalue weighted by Gasteiger charge is 2.20. The molecule has 2 N–H and O–H groups in total. The third-order valence-electron chi connectivity index (χ3n) is 6.20. The van der Waals surface area contributed by atoms with E-state index in [0.29, 0.717) is 36.6 Å². The first-order valence-corrected chi connectivity index (χ1v) is 15.7. The number of aromatic nitrogens is 1. The fourth-order valence-electron chi connectivity index (χ4n) is 4.10. The molecule has 0 spiro atoms. The van der Waals surface area contributed by atoms with Crippen LogP contribution >= 0.6 is 23.6 Å². The van der Waals surface area contributed by atoms with Gasteiger partial charge in [0.2, 0.25) is 5.91 Å². The molecule has 0 saturated carbocycles. The lowest BCUT2D eigenvalue weighted by Crippen LogP contribution is -2.40. The van der Waals surface area contributed by atoms with Gasteiger partial charge in [0.25, 0.3) is 0 Å². The molecule has 2 aromatic carbocycles. The average molecular weight is 609 g/mol. The summed E-state index contributed by atoms with van der Waals surface area (Å²) in [7, 11) is -2.93. The molecule has 1 amide bonds. The van der Waals surface area contributed by atoms with E-state index in [2.05, 4.69) is 27.5 Å². The first kappa shape index (κ1) is 28.6. The maximum Gasteiger partial charge on any atom is 0.230 e. The number of thiocarbonyl (C=S) groups is 1. The second-order valence-corrected chi connectivity index (χ2v) is 13.0. The molecule has 1 aliphatic heterocycles. The SMILES string of the molecule is O=C(Cc1ccccc1)NC(=S)Nc1ccc(Oc2ccnc3cc(C#CCN4CCS(=O)(=O)CC4)sc23)c(F)c1. The number of pyridine rings is 1. The number of nitrogens with one attached hydrogen (secondary N) is 2. The van der Waals surface area contributed by atoms with E-state index in [1.807, 2.05) is 41.3 Å². The number of anilines is 1. The van der Waals surface area contributed by atoms with E-state index in [1.165, 1.54) is 23.5 Å². The van der Waals surface area contributed by atoms with Crippen molar-refractivity contribution in [3.8, 4) is 23.3 Å². The third-order valence-corrected chi connectivity index (χ3v) is 9.06. The molecule has 1 saturated heterocycles. The molecule has 3 heterocycles. The van der Waals surface area contributed by atoms with Crippen LogP contribution in [0.2, 0.25) is 0 Å². The summed E-state index contributed by atoms with van der Waals surface area (Å²) in [5.41, 5.74) is 1.89. The Kier molecular flexibility index (Phi) is 8.90. The van der Waals surface area contributed by atoms with Crippen molar-refractivity contribution in [1.82, 2.24) is 15.2 Å². The molecule has 41 heavy (non-hydrogen) atoms. The molecular formula is C29H25FN4O4S3. The quantitative estimate of drug-likeness (QED) is 0.246. The lowest BCUT2D eigenvalue weighted by molar-refractivity contribution is -0.119. The van der Waals surface area contributed by atoms with Gasteiger partial charge in [-0.05, 0) is 36.0 Å². The van der Waals surface area contributed by atoms with E-state index in [4.69, 9.17) is 17.0 Å². The van der Waals surface area contributed by atoms with Gasteiger partial charge >= 0.3 is 0 Å². The first-order chi connectivity index (χ1) is 19.7. The number of fused-ring (bicyclic) bond motifs is 1. The number of thiophene rings is 1. The van der Waals surface area contributed by atoms with Crippen LogP contribution in [0.25, 0.3) is 10.2 Å². The van der Waals surface area contributed by atoms with Gasteiger partial charge in [0.1, 0.15) is 5.75 Å². The predicted molar refractivity (Wildman–Crippen MR) is 163 cm³/mol. The molecule has 210 valence electrons. The molecule has 0 radical (unpaired) electrons. The largest absolute Gasteiger partial charge is 0.453 e. The highest BCUT2D eigenvalue weighted by Crippen LogP contribution is 2.36. The number of sulfone groups is 1. The van der Waals surface area contributed by atoms with Crippen molar-refractivity contribution in [2.75, 3.05) is 36.5 Å². The van der Waals surface area contributed by atoms with E-state index in [0.717, 1.165) is 15.1 Å². The summed E-state index contributed by atoms with van der Waals surface area (Å²) in [6, 6.07) is 17.1. The Balaban J connectivity index is 1.20. The van der Waals surface area contributed by atoms with Gasteiger partial charge < -0.3 is 15.4 Å². The van der Waals surface area contributed by atoms with Crippen molar-refractivity contribution >= 4 is 60.3 Å². The van der Waals surface area contributed by atoms with Crippen LogP contribution in [0.5, 0.6) is 11.5 Å². The molecule has 0 atom stereocenters. The molecular weight excluding hydrogens is 584 g/mol. The van der Waals surface area contributed by atoms with Crippen LogP contribution in [0.15, 0.2) is 66.9 Å². The molecule has 1 fully saturated rings. The molecule has 8 nitrogen and oxygen atoms in total. The standard InChI is InChI=1S/C29H25FN4O4S3/c30-23-18-21(32-29(39)33-27(35)17-20-5-2-1-3-6-20)8-9-25(23)38-26-10-11-31-24-19-22(40-28(24)26)7-4-12-34-13-15-41(36,37)16-14-34/h1-3,5-6,8-11,18-19H,12-17H2,(H2,32,33,35,39). The molecule has 2 aromatic heterocycles. The van der Waals surface area contributed by atoms with Crippen LogP contribution < -0.4 is 15.4 Å². The smallest absolute Gasteiger partial charge is 0.230 e. The zero-order valence-corrected chi connectivity index (χ0v) is 24.2. The topological polar surface area (TPSA) is 101 Å². The minimum Gasteiger partial charge on any atom is -0.453 e. The van der Waals surface area contributed by atoms with Crippen molar-refractivity contribution < 1.29 is 22.3 Å². The Hall–Kier alpha value is -3.89. The van der Waals surface area contributed by atoms with Crippen molar-refractivity contribution in [2.24, 2.45) is 0 Å². The number of nitrogens with zero attached hydrogens (tertiary/aromatic N) is 2. The second kappa shape index (κ2) is 12.7. The van der Waals surface area contributed by atoms with Gasteiger partial charge in [-0.15, -0.1) is 11.3 Å². The van der Waals surface area contributed by atoms with Gasteiger partial charge in [-0.1, -0.05) is 42.2 Å². The summed E-state index contributed by atoms with van der Waals surface area (Å²) in [5, 5.41) is 5.47. The summed E-state index contributed by atoms with van der Waals surface area (Å²) in [4.78, 5) is 19.4. The highest BCUT2D eigenvalue weighted by molar-refractivity contribution is 7.91. The van der Waals surface area contributed by atoms with Gasteiger partial charge in [0, 0.05) is 37.1 Å². The van der Waals surface area contributed by atoms with E-state index in [-0.39, 0.29) is 34.7 Å². The van der Waals surface area contributed by atoms with Gasteiger partial charge in [-0.3, -0.25) is 14.7 Å². The van der Waals surface area contributed by atoms with Crippen LogP contribution in [-0.2, 0) is 21.1 Å². The van der Waals surface area contributed by atoms with Crippen molar-refractivity contribution in [3.05, 3.63) is 83.1 Å². The Morgan fingerprint density at radius 1 is 1.10 bits per heavy atom.